The molecule has 0 aliphatic carbocycles. The van der Waals surface area contributed by atoms with Gasteiger partial charge in [-0.25, -0.2) is 8.42 Å². The highest BCUT2D eigenvalue weighted by Crippen LogP contribution is 2.16. The Morgan fingerprint density at radius 1 is 1.38 bits per heavy atom. The minimum Gasteiger partial charge on any atom is -0.480 e. The fraction of sp³-hybridized carbons (Fsp3) is 0.600. The Morgan fingerprint density at radius 2 is 2.04 bits per heavy atom. The Morgan fingerprint density at radius 3 is 2.62 bits per heavy atom. The smallest absolute Gasteiger partial charge is 0.321 e. The van der Waals surface area contributed by atoms with Crippen molar-refractivity contribution >= 4 is 21.9 Å². The third kappa shape index (κ3) is 4.35. The highest BCUT2D eigenvalue weighted by atomic mass is 32.2. The lowest BCUT2D eigenvalue weighted by atomic mass is 10.1. The first-order chi connectivity index (χ1) is 11.3. The van der Waals surface area contributed by atoms with Crippen LogP contribution in [0.4, 0.5) is 0 Å². The summed E-state index contributed by atoms with van der Waals surface area (Å²) in [4.78, 5) is 27.7. The zero-order valence-corrected chi connectivity index (χ0v) is 14.4. The first kappa shape index (κ1) is 18.5. The number of sulfonamides is 1. The normalized spacial score (nSPS) is 16.3. The monoisotopic (exact) mass is 357 g/mol. The number of aromatic amines is 1. The van der Waals surface area contributed by atoms with Crippen LogP contribution in [0.1, 0.15) is 49.5 Å². The van der Waals surface area contributed by atoms with Crippen LogP contribution in [0.15, 0.2) is 17.2 Å². The number of carbonyl (C=O) groups is 2. The number of carboxylic acids is 1. The molecule has 1 atom stereocenters. The summed E-state index contributed by atoms with van der Waals surface area (Å²) < 4.78 is 26.9. The predicted molar refractivity (Wildman–Crippen MR) is 87.2 cm³/mol. The van der Waals surface area contributed by atoms with Crippen molar-refractivity contribution < 1.29 is 23.1 Å². The molecule has 8 nitrogen and oxygen atoms in total. The van der Waals surface area contributed by atoms with Crippen molar-refractivity contribution in [3.63, 3.8) is 0 Å². The maximum Gasteiger partial charge on any atom is 0.321 e. The van der Waals surface area contributed by atoms with Crippen LogP contribution in [0.25, 0.3) is 0 Å². The van der Waals surface area contributed by atoms with Gasteiger partial charge in [0, 0.05) is 19.3 Å². The molecular formula is C15H23N3O5S. The van der Waals surface area contributed by atoms with Gasteiger partial charge in [0.2, 0.25) is 10.0 Å². The number of carbonyl (C=O) groups excluding carboxylic acids is 1. The van der Waals surface area contributed by atoms with Crippen molar-refractivity contribution in [2.24, 2.45) is 0 Å². The number of hydrogen-bond acceptors (Lipinski definition) is 4. The number of rotatable bonds is 8. The van der Waals surface area contributed by atoms with Gasteiger partial charge in [0.05, 0.1) is 0 Å². The van der Waals surface area contributed by atoms with E-state index in [1.165, 1.54) is 12.3 Å². The fourth-order valence-corrected chi connectivity index (χ4v) is 3.86. The number of hydrogen-bond donors (Lipinski definition) is 3. The molecule has 0 saturated carbocycles. The van der Waals surface area contributed by atoms with E-state index in [1.807, 2.05) is 6.92 Å². The van der Waals surface area contributed by atoms with E-state index in [-0.39, 0.29) is 22.9 Å². The Balaban J connectivity index is 2.11. The fourth-order valence-electron chi connectivity index (χ4n) is 2.64. The van der Waals surface area contributed by atoms with Crippen LogP contribution in [0.3, 0.4) is 0 Å². The van der Waals surface area contributed by atoms with Gasteiger partial charge in [-0.05, 0) is 25.3 Å². The topological polar surface area (TPSA) is 120 Å². The molecule has 2 rings (SSSR count). The van der Waals surface area contributed by atoms with Crippen molar-refractivity contribution in [3.8, 4) is 0 Å². The third-order valence-corrected chi connectivity index (χ3v) is 5.48. The molecule has 1 saturated heterocycles. The average Bonchev–Trinajstić information content (AvgIpc) is 3.21. The van der Waals surface area contributed by atoms with Crippen molar-refractivity contribution in [2.75, 3.05) is 13.1 Å². The van der Waals surface area contributed by atoms with E-state index in [0.717, 1.165) is 19.3 Å². The van der Waals surface area contributed by atoms with Gasteiger partial charge in [0.1, 0.15) is 16.6 Å². The van der Waals surface area contributed by atoms with Gasteiger partial charge in [0.25, 0.3) is 5.91 Å². The summed E-state index contributed by atoms with van der Waals surface area (Å²) in [5.74, 6) is -1.45. The van der Waals surface area contributed by atoms with Crippen LogP contribution < -0.4 is 4.72 Å². The van der Waals surface area contributed by atoms with Crippen molar-refractivity contribution in [1.82, 2.24) is 14.6 Å². The second-order valence-electron chi connectivity index (χ2n) is 5.90. The maximum absolute atomic E-state index is 12.3. The lowest BCUT2D eigenvalue weighted by Gasteiger charge is -2.14. The minimum absolute atomic E-state index is 0.132. The molecule has 1 fully saturated rings. The molecule has 9 heteroatoms. The molecule has 1 aliphatic rings. The van der Waals surface area contributed by atoms with E-state index in [0.29, 0.717) is 19.5 Å². The van der Waals surface area contributed by atoms with E-state index in [2.05, 4.69) is 9.71 Å². The number of carboxylic acid groups (broad SMARTS) is 1. The molecule has 1 aromatic rings. The van der Waals surface area contributed by atoms with Gasteiger partial charge < -0.3 is 15.0 Å². The Hall–Kier alpha value is -1.87. The standard InChI is InChI=1S/C15H23N3O5S/c1-2-3-6-12(15(20)21)17-24(22,23)11-9-13(16-10-11)14(19)18-7-4-5-8-18/h9-10,12,16-17H,2-8H2,1H3,(H,20,21). The number of aromatic nitrogens is 1. The van der Waals surface area contributed by atoms with Crippen molar-refractivity contribution in [3.05, 3.63) is 18.0 Å². The highest BCUT2D eigenvalue weighted by Gasteiger charge is 2.27. The van der Waals surface area contributed by atoms with Crippen molar-refractivity contribution in [1.29, 1.82) is 0 Å². The molecule has 1 aromatic heterocycles. The highest BCUT2D eigenvalue weighted by molar-refractivity contribution is 7.89. The van der Waals surface area contributed by atoms with Crippen LogP contribution in [-0.4, -0.2) is 54.4 Å². The first-order valence-electron chi connectivity index (χ1n) is 8.08. The Kier molecular flexibility index (Phi) is 6.00. The molecule has 0 aromatic carbocycles. The van der Waals surface area contributed by atoms with Crippen LogP contribution in [0.5, 0.6) is 0 Å². The summed E-state index contributed by atoms with van der Waals surface area (Å²) in [6.07, 6.45) is 4.68. The van der Waals surface area contributed by atoms with E-state index >= 15 is 0 Å². The van der Waals surface area contributed by atoms with Gasteiger partial charge in [-0.1, -0.05) is 19.8 Å². The molecule has 0 bridgehead atoms. The zero-order chi connectivity index (χ0) is 17.7. The maximum atomic E-state index is 12.3. The molecule has 3 N–H and O–H groups in total. The first-order valence-corrected chi connectivity index (χ1v) is 9.56. The quantitative estimate of drug-likeness (QED) is 0.645. The number of unbranched alkanes of at least 4 members (excludes halogenated alkanes) is 1. The van der Waals surface area contributed by atoms with Gasteiger partial charge in [-0.3, -0.25) is 9.59 Å². The van der Waals surface area contributed by atoms with Crippen LogP contribution >= 0.6 is 0 Å². The second kappa shape index (κ2) is 7.80. The van der Waals surface area contributed by atoms with E-state index in [4.69, 9.17) is 5.11 Å². The number of H-pyrrole nitrogens is 1. The predicted octanol–water partition coefficient (Wildman–Crippen LogP) is 1.17. The third-order valence-electron chi connectivity index (χ3n) is 4.03. The number of nitrogens with zero attached hydrogens (tertiary/aromatic N) is 1. The van der Waals surface area contributed by atoms with E-state index < -0.39 is 22.0 Å². The summed E-state index contributed by atoms with van der Waals surface area (Å²) >= 11 is 0. The van der Waals surface area contributed by atoms with Gasteiger partial charge >= 0.3 is 5.97 Å². The summed E-state index contributed by atoms with van der Waals surface area (Å²) in [7, 11) is -4.00. The molecule has 1 amide bonds. The average molecular weight is 357 g/mol. The molecule has 1 aliphatic heterocycles. The Labute approximate surface area is 141 Å². The summed E-state index contributed by atoms with van der Waals surface area (Å²) in [5.41, 5.74) is 0.192. The molecule has 0 spiro atoms. The molecule has 0 radical (unpaired) electrons. The summed E-state index contributed by atoms with van der Waals surface area (Å²) in [6, 6.07) is 0.0735. The number of likely N-dealkylation sites (tertiary alicyclic amines) is 1. The van der Waals surface area contributed by atoms with Crippen LogP contribution in [-0.2, 0) is 14.8 Å². The van der Waals surface area contributed by atoms with Gasteiger partial charge in [-0.2, -0.15) is 4.72 Å². The second-order valence-corrected chi connectivity index (χ2v) is 7.62. The molecule has 2 heterocycles. The molecule has 134 valence electrons. The van der Waals surface area contributed by atoms with Crippen LogP contribution in [0, 0.1) is 0 Å². The van der Waals surface area contributed by atoms with Crippen LogP contribution in [0.2, 0.25) is 0 Å². The molecule has 1 unspecified atom stereocenters. The summed E-state index contributed by atoms with van der Waals surface area (Å²) in [6.45, 7) is 3.22. The van der Waals surface area contributed by atoms with E-state index in [9.17, 15) is 18.0 Å². The van der Waals surface area contributed by atoms with Crippen molar-refractivity contribution in [2.45, 2.75) is 50.0 Å². The molecule has 24 heavy (non-hydrogen) atoms. The van der Waals surface area contributed by atoms with E-state index in [1.54, 1.807) is 4.90 Å². The number of aliphatic carboxylic acids is 1. The Bertz CT molecular complexity index is 692. The zero-order valence-electron chi connectivity index (χ0n) is 13.6. The van der Waals surface area contributed by atoms with Gasteiger partial charge in [0.15, 0.2) is 0 Å². The SMILES string of the molecule is CCCCC(NS(=O)(=O)c1c[nH]c(C(=O)N2CCCC2)c1)C(=O)O. The lowest BCUT2D eigenvalue weighted by molar-refractivity contribution is -0.139. The van der Waals surface area contributed by atoms with Gasteiger partial charge in [-0.15, -0.1) is 0 Å². The number of amides is 1. The molecular weight excluding hydrogens is 334 g/mol. The minimum atomic E-state index is -4.00. The summed E-state index contributed by atoms with van der Waals surface area (Å²) in [5, 5.41) is 9.15. The lowest BCUT2D eigenvalue weighted by Crippen LogP contribution is -2.40. The number of nitrogens with one attached hydrogen (secondary N) is 2. The largest absolute Gasteiger partial charge is 0.480 e.